The number of benzene rings is 1. The average Bonchev–Trinajstić information content (AvgIpc) is 2.97. The van der Waals surface area contributed by atoms with Gasteiger partial charge in [-0.2, -0.15) is 0 Å². The lowest BCUT2D eigenvalue weighted by Crippen LogP contribution is -2.44. The third-order valence-corrected chi connectivity index (χ3v) is 6.25. The van der Waals surface area contributed by atoms with Crippen molar-refractivity contribution in [2.24, 2.45) is 0 Å². The summed E-state index contributed by atoms with van der Waals surface area (Å²) >= 11 is 0. The molecule has 1 aromatic carbocycles. The van der Waals surface area contributed by atoms with Crippen molar-refractivity contribution >= 4 is 0 Å². The number of hydrogen-bond donors (Lipinski definition) is 1. The second-order valence-electron chi connectivity index (χ2n) is 8.00. The minimum Gasteiger partial charge on any atom is -0.487 e. The zero-order valence-corrected chi connectivity index (χ0v) is 14.4. The van der Waals surface area contributed by atoms with Gasteiger partial charge in [0.05, 0.1) is 0 Å². The Balaban J connectivity index is 1.53. The SMILES string of the molecule is c1ccc2c(c1)OC1(CCCC1)CC2NC1CCCCCCC1. The van der Waals surface area contributed by atoms with E-state index >= 15 is 0 Å². The van der Waals surface area contributed by atoms with Gasteiger partial charge in [0.15, 0.2) is 0 Å². The monoisotopic (exact) mass is 313 g/mol. The summed E-state index contributed by atoms with van der Waals surface area (Å²) in [4.78, 5) is 0. The molecule has 0 aromatic heterocycles. The topological polar surface area (TPSA) is 21.3 Å². The Labute approximate surface area is 141 Å². The van der Waals surface area contributed by atoms with Crippen molar-refractivity contribution in [1.82, 2.24) is 5.32 Å². The second kappa shape index (κ2) is 6.84. The molecule has 1 N–H and O–H groups in total. The summed E-state index contributed by atoms with van der Waals surface area (Å²) in [6.45, 7) is 0. The summed E-state index contributed by atoms with van der Waals surface area (Å²) in [6.07, 6.45) is 16.1. The van der Waals surface area contributed by atoms with E-state index in [9.17, 15) is 0 Å². The Bertz CT molecular complexity index is 512. The van der Waals surface area contributed by atoms with Crippen LogP contribution in [0.1, 0.15) is 88.7 Å². The molecule has 2 fully saturated rings. The van der Waals surface area contributed by atoms with Gasteiger partial charge < -0.3 is 10.1 Å². The first kappa shape index (κ1) is 15.5. The summed E-state index contributed by atoms with van der Waals surface area (Å²) in [5.41, 5.74) is 1.51. The van der Waals surface area contributed by atoms with E-state index in [1.54, 1.807) is 0 Å². The van der Waals surface area contributed by atoms with Crippen molar-refractivity contribution in [3.05, 3.63) is 29.8 Å². The van der Waals surface area contributed by atoms with Gasteiger partial charge in [-0.1, -0.05) is 50.3 Å². The molecule has 3 aliphatic rings. The molecule has 2 aliphatic carbocycles. The summed E-state index contributed by atoms with van der Waals surface area (Å²) < 4.78 is 6.50. The molecular weight excluding hydrogens is 282 g/mol. The third-order valence-electron chi connectivity index (χ3n) is 6.25. The van der Waals surface area contributed by atoms with Crippen LogP contribution in [0.3, 0.4) is 0 Å². The highest BCUT2D eigenvalue weighted by Crippen LogP contribution is 2.47. The molecule has 2 nitrogen and oxygen atoms in total. The normalized spacial score (nSPS) is 27.9. The zero-order valence-electron chi connectivity index (χ0n) is 14.4. The number of ether oxygens (including phenoxy) is 1. The Morgan fingerprint density at radius 2 is 1.57 bits per heavy atom. The number of para-hydroxylation sites is 1. The van der Waals surface area contributed by atoms with Gasteiger partial charge in [-0.15, -0.1) is 0 Å². The molecule has 2 heteroatoms. The number of fused-ring (bicyclic) bond motifs is 1. The minimum atomic E-state index is 0.119. The minimum absolute atomic E-state index is 0.119. The molecule has 1 heterocycles. The molecule has 1 aromatic rings. The molecule has 126 valence electrons. The second-order valence-corrected chi connectivity index (χ2v) is 8.00. The molecule has 0 amide bonds. The van der Waals surface area contributed by atoms with Crippen LogP contribution in [0.4, 0.5) is 0 Å². The predicted molar refractivity (Wildman–Crippen MR) is 94.9 cm³/mol. The van der Waals surface area contributed by atoms with Gasteiger partial charge >= 0.3 is 0 Å². The van der Waals surface area contributed by atoms with E-state index < -0.39 is 0 Å². The van der Waals surface area contributed by atoms with Gasteiger partial charge in [0.1, 0.15) is 11.4 Å². The van der Waals surface area contributed by atoms with Crippen LogP contribution in [-0.2, 0) is 0 Å². The average molecular weight is 313 g/mol. The van der Waals surface area contributed by atoms with E-state index in [0.717, 1.165) is 5.75 Å². The fraction of sp³-hybridized carbons (Fsp3) is 0.714. The number of rotatable bonds is 2. The lowest BCUT2D eigenvalue weighted by Gasteiger charge is -2.41. The van der Waals surface area contributed by atoms with Crippen LogP contribution in [0.2, 0.25) is 0 Å². The summed E-state index contributed by atoms with van der Waals surface area (Å²) in [5, 5.41) is 4.05. The number of hydrogen-bond acceptors (Lipinski definition) is 2. The summed E-state index contributed by atoms with van der Waals surface area (Å²) in [5.74, 6) is 1.14. The fourth-order valence-electron chi connectivity index (χ4n) is 5.00. The first-order chi connectivity index (χ1) is 11.3. The van der Waals surface area contributed by atoms with E-state index in [2.05, 4.69) is 29.6 Å². The third kappa shape index (κ3) is 3.42. The van der Waals surface area contributed by atoms with Crippen molar-refractivity contribution < 1.29 is 4.74 Å². The van der Waals surface area contributed by atoms with Crippen LogP contribution in [0, 0.1) is 0 Å². The maximum absolute atomic E-state index is 6.50. The molecule has 1 spiro atoms. The molecule has 0 bridgehead atoms. The van der Waals surface area contributed by atoms with Gasteiger partial charge in [-0.3, -0.25) is 0 Å². The number of nitrogens with one attached hydrogen (secondary N) is 1. The highest BCUT2D eigenvalue weighted by molar-refractivity contribution is 5.39. The van der Waals surface area contributed by atoms with Crippen LogP contribution in [0.25, 0.3) is 0 Å². The fourth-order valence-corrected chi connectivity index (χ4v) is 5.00. The summed E-state index contributed by atoms with van der Waals surface area (Å²) in [6, 6.07) is 9.94. The Morgan fingerprint density at radius 1 is 0.870 bits per heavy atom. The van der Waals surface area contributed by atoms with Crippen LogP contribution in [0.15, 0.2) is 24.3 Å². The van der Waals surface area contributed by atoms with Crippen molar-refractivity contribution in [3.8, 4) is 5.75 Å². The van der Waals surface area contributed by atoms with Gasteiger partial charge in [0.25, 0.3) is 0 Å². The highest BCUT2D eigenvalue weighted by Gasteiger charge is 2.43. The van der Waals surface area contributed by atoms with E-state index in [1.807, 2.05) is 0 Å². The van der Waals surface area contributed by atoms with Gasteiger partial charge in [0, 0.05) is 24.1 Å². The van der Waals surface area contributed by atoms with Gasteiger partial charge in [-0.25, -0.2) is 0 Å². The van der Waals surface area contributed by atoms with Crippen molar-refractivity contribution in [2.75, 3.05) is 0 Å². The summed E-state index contributed by atoms with van der Waals surface area (Å²) in [7, 11) is 0. The standard InChI is InChI=1S/C21H31NO/c1-2-4-10-17(11-5-3-1)22-19-16-21(14-8-9-15-21)23-20-13-7-6-12-18(19)20/h6-7,12-13,17,19,22H,1-5,8-11,14-16H2. The highest BCUT2D eigenvalue weighted by atomic mass is 16.5. The molecule has 23 heavy (non-hydrogen) atoms. The molecule has 1 unspecified atom stereocenters. The van der Waals surface area contributed by atoms with E-state index in [4.69, 9.17) is 4.74 Å². The molecule has 1 atom stereocenters. The predicted octanol–water partition coefficient (Wildman–Crippen LogP) is 5.53. The van der Waals surface area contributed by atoms with Gasteiger partial charge in [-0.05, 0) is 44.6 Å². The molecule has 0 saturated heterocycles. The van der Waals surface area contributed by atoms with Crippen LogP contribution < -0.4 is 10.1 Å². The quantitative estimate of drug-likeness (QED) is 0.775. The lowest BCUT2D eigenvalue weighted by molar-refractivity contribution is 0.0341. The molecule has 0 radical (unpaired) electrons. The molecule has 2 saturated carbocycles. The van der Waals surface area contributed by atoms with Crippen LogP contribution in [-0.4, -0.2) is 11.6 Å². The van der Waals surface area contributed by atoms with Crippen molar-refractivity contribution in [3.63, 3.8) is 0 Å². The van der Waals surface area contributed by atoms with Crippen LogP contribution in [0.5, 0.6) is 5.75 Å². The Hall–Kier alpha value is -1.02. The lowest BCUT2D eigenvalue weighted by atomic mass is 9.85. The molecular formula is C21H31NO. The van der Waals surface area contributed by atoms with Crippen molar-refractivity contribution in [1.29, 1.82) is 0 Å². The maximum Gasteiger partial charge on any atom is 0.124 e. The largest absolute Gasteiger partial charge is 0.487 e. The van der Waals surface area contributed by atoms with Gasteiger partial charge in [0.2, 0.25) is 0 Å². The molecule has 1 aliphatic heterocycles. The van der Waals surface area contributed by atoms with Crippen molar-refractivity contribution in [2.45, 2.75) is 94.7 Å². The van der Waals surface area contributed by atoms with Crippen LogP contribution >= 0.6 is 0 Å². The zero-order chi connectivity index (χ0) is 15.5. The smallest absolute Gasteiger partial charge is 0.124 e. The van der Waals surface area contributed by atoms with E-state index in [0.29, 0.717) is 12.1 Å². The first-order valence-corrected chi connectivity index (χ1v) is 9.89. The van der Waals surface area contributed by atoms with E-state index in [1.165, 1.54) is 82.6 Å². The first-order valence-electron chi connectivity index (χ1n) is 9.89. The Kier molecular flexibility index (Phi) is 4.61. The Morgan fingerprint density at radius 3 is 2.35 bits per heavy atom. The maximum atomic E-state index is 6.50. The van der Waals surface area contributed by atoms with E-state index in [-0.39, 0.29) is 5.60 Å². The molecule has 4 rings (SSSR count).